The van der Waals surface area contributed by atoms with E-state index >= 15 is 0 Å². The molecule has 9 heteroatoms. The van der Waals surface area contributed by atoms with Gasteiger partial charge in [0, 0.05) is 36.6 Å². The number of nitrogens with zero attached hydrogens (tertiary/aromatic N) is 1. The van der Waals surface area contributed by atoms with Crippen molar-refractivity contribution in [3.63, 3.8) is 0 Å². The summed E-state index contributed by atoms with van der Waals surface area (Å²) in [4.78, 5) is 4.15. The first-order valence-corrected chi connectivity index (χ1v) is 8.99. The number of hydrogen-bond donors (Lipinski definition) is 2. The Morgan fingerprint density at radius 2 is 2.04 bits per heavy atom. The third kappa shape index (κ3) is 7.99. The van der Waals surface area contributed by atoms with Gasteiger partial charge in [0.1, 0.15) is 6.61 Å². The highest BCUT2D eigenvalue weighted by Gasteiger charge is 2.44. The van der Waals surface area contributed by atoms with Gasteiger partial charge in [-0.25, -0.2) is 0 Å². The molecule has 1 saturated carbocycles. The standard InChI is InChI=1S/C17H23BrF3N3O.HI/c1-22-15(23-8-3-9-25-12-17(19,20)21)24-11-16(6-7-16)13-4-2-5-14(18)10-13;/h2,4-5,10H,3,6-9,11-12H2,1H3,(H2,22,23,24);1H. The summed E-state index contributed by atoms with van der Waals surface area (Å²) in [6.07, 6.45) is -1.54. The van der Waals surface area contributed by atoms with Crippen LogP contribution in [0.2, 0.25) is 0 Å². The summed E-state index contributed by atoms with van der Waals surface area (Å²) in [7, 11) is 1.67. The third-order valence-corrected chi connectivity index (χ3v) is 4.63. The quantitative estimate of drug-likeness (QED) is 0.221. The molecule has 1 aliphatic carbocycles. The molecule has 1 aliphatic rings. The van der Waals surface area contributed by atoms with Crippen LogP contribution < -0.4 is 10.6 Å². The van der Waals surface area contributed by atoms with Crippen LogP contribution in [0, 0.1) is 0 Å². The fourth-order valence-electron chi connectivity index (χ4n) is 2.58. The molecule has 0 heterocycles. The first-order chi connectivity index (χ1) is 11.8. The molecule has 1 fully saturated rings. The summed E-state index contributed by atoms with van der Waals surface area (Å²) >= 11 is 3.50. The summed E-state index contributed by atoms with van der Waals surface area (Å²) in [5, 5.41) is 6.41. The normalized spacial score (nSPS) is 16.0. The Balaban J connectivity index is 0.00000338. The van der Waals surface area contributed by atoms with Crippen LogP contribution in [-0.2, 0) is 10.2 Å². The SMILES string of the molecule is CN=C(NCCCOCC(F)(F)F)NCC1(c2cccc(Br)c2)CC1.I. The fraction of sp³-hybridized carbons (Fsp3) is 0.588. The molecular formula is C17H24BrF3IN3O. The molecule has 0 spiro atoms. The van der Waals surface area contributed by atoms with Crippen molar-refractivity contribution in [1.82, 2.24) is 10.6 Å². The van der Waals surface area contributed by atoms with Crippen molar-refractivity contribution in [2.24, 2.45) is 4.99 Å². The largest absolute Gasteiger partial charge is 0.411 e. The van der Waals surface area contributed by atoms with Gasteiger partial charge in [-0.3, -0.25) is 4.99 Å². The minimum Gasteiger partial charge on any atom is -0.372 e. The highest BCUT2D eigenvalue weighted by molar-refractivity contribution is 14.0. The van der Waals surface area contributed by atoms with Gasteiger partial charge in [0.25, 0.3) is 0 Å². The number of ether oxygens (including phenoxy) is 1. The van der Waals surface area contributed by atoms with Gasteiger partial charge in [-0.15, -0.1) is 24.0 Å². The van der Waals surface area contributed by atoms with Crippen LogP contribution in [0.5, 0.6) is 0 Å². The number of aliphatic imine (C=N–C) groups is 1. The second kappa shape index (κ2) is 10.7. The third-order valence-electron chi connectivity index (χ3n) is 4.13. The zero-order valence-electron chi connectivity index (χ0n) is 14.5. The van der Waals surface area contributed by atoms with Gasteiger partial charge in [0.15, 0.2) is 5.96 Å². The first kappa shape index (κ1) is 23.5. The number of rotatable bonds is 8. The molecule has 0 saturated heterocycles. The van der Waals surface area contributed by atoms with E-state index in [0.717, 1.165) is 23.9 Å². The minimum atomic E-state index is -4.27. The average Bonchev–Trinajstić information content (AvgIpc) is 3.34. The van der Waals surface area contributed by atoms with Crippen LogP contribution in [0.15, 0.2) is 33.7 Å². The zero-order valence-corrected chi connectivity index (χ0v) is 18.5. The zero-order chi connectivity index (χ0) is 18.3. The van der Waals surface area contributed by atoms with E-state index in [-0.39, 0.29) is 36.0 Å². The van der Waals surface area contributed by atoms with Gasteiger partial charge in [-0.1, -0.05) is 28.1 Å². The molecular weight excluding hydrogens is 526 g/mol. The van der Waals surface area contributed by atoms with E-state index in [1.807, 2.05) is 12.1 Å². The number of benzene rings is 1. The van der Waals surface area contributed by atoms with Crippen molar-refractivity contribution in [1.29, 1.82) is 0 Å². The van der Waals surface area contributed by atoms with E-state index in [4.69, 9.17) is 0 Å². The number of halogens is 5. The van der Waals surface area contributed by atoms with E-state index in [1.165, 1.54) is 5.56 Å². The first-order valence-electron chi connectivity index (χ1n) is 8.20. The molecule has 4 nitrogen and oxygen atoms in total. The maximum absolute atomic E-state index is 12.0. The van der Waals surface area contributed by atoms with Crippen molar-refractivity contribution in [3.8, 4) is 0 Å². The molecule has 26 heavy (non-hydrogen) atoms. The summed E-state index contributed by atoms with van der Waals surface area (Å²) in [6.45, 7) is 0.135. The van der Waals surface area contributed by atoms with Gasteiger partial charge in [-0.05, 0) is 37.0 Å². The van der Waals surface area contributed by atoms with Crippen LogP contribution in [0.1, 0.15) is 24.8 Å². The molecule has 148 valence electrons. The molecule has 0 amide bonds. The molecule has 0 bridgehead atoms. The van der Waals surface area contributed by atoms with Gasteiger partial charge in [0.05, 0.1) is 0 Å². The van der Waals surface area contributed by atoms with Crippen molar-refractivity contribution in [2.45, 2.75) is 30.9 Å². The van der Waals surface area contributed by atoms with E-state index in [2.05, 4.69) is 48.4 Å². The van der Waals surface area contributed by atoms with Gasteiger partial charge in [0.2, 0.25) is 0 Å². The Hall–Kier alpha value is -0.550. The van der Waals surface area contributed by atoms with Crippen LogP contribution in [0.3, 0.4) is 0 Å². The molecule has 0 radical (unpaired) electrons. The Morgan fingerprint density at radius 3 is 2.62 bits per heavy atom. The number of hydrogen-bond acceptors (Lipinski definition) is 2. The van der Waals surface area contributed by atoms with Crippen LogP contribution >= 0.6 is 39.9 Å². The molecule has 0 unspecified atom stereocenters. The van der Waals surface area contributed by atoms with Crippen LogP contribution in [-0.4, -0.2) is 45.5 Å². The highest BCUT2D eigenvalue weighted by Crippen LogP contribution is 2.48. The van der Waals surface area contributed by atoms with Crippen LogP contribution in [0.25, 0.3) is 0 Å². The van der Waals surface area contributed by atoms with Crippen molar-refractivity contribution < 1.29 is 17.9 Å². The smallest absolute Gasteiger partial charge is 0.372 e. The van der Waals surface area contributed by atoms with E-state index in [9.17, 15) is 13.2 Å². The topological polar surface area (TPSA) is 45.7 Å². The number of guanidine groups is 1. The lowest BCUT2D eigenvalue weighted by molar-refractivity contribution is -0.173. The lowest BCUT2D eigenvalue weighted by atomic mass is 9.96. The number of alkyl halides is 3. The molecule has 1 aromatic rings. The summed E-state index contributed by atoms with van der Waals surface area (Å²) in [6, 6.07) is 8.32. The molecule has 2 rings (SSSR count). The van der Waals surface area contributed by atoms with E-state index in [0.29, 0.717) is 18.9 Å². The highest BCUT2D eigenvalue weighted by atomic mass is 127. The van der Waals surface area contributed by atoms with E-state index < -0.39 is 12.8 Å². The maximum atomic E-state index is 12.0. The fourth-order valence-corrected chi connectivity index (χ4v) is 2.98. The Kier molecular flexibility index (Phi) is 9.67. The molecule has 1 aromatic carbocycles. The monoisotopic (exact) mass is 549 g/mol. The lowest BCUT2D eigenvalue weighted by Crippen LogP contribution is -2.41. The molecule has 0 atom stereocenters. The second-order valence-electron chi connectivity index (χ2n) is 6.16. The Morgan fingerprint density at radius 1 is 1.31 bits per heavy atom. The maximum Gasteiger partial charge on any atom is 0.411 e. The second-order valence-corrected chi connectivity index (χ2v) is 7.08. The lowest BCUT2D eigenvalue weighted by Gasteiger charge is -2.19. The average molecular weight is 550 g/mol. The van der Waals surface area contributed by atoms with E-state index in [1.54, 1.807) is 7.05 Å². The molecule has 2 N–H and O–H groups in total. The van der Waals surface area contributed by atoms with Crippen LogP contribution in [0.4, 0.5) is 13.2 Å². The van der Waals surface area contributed by atoms with Gasteiger partial charge < -0.3 is 15.4 Å². The van der Waals surface area contributed by atoms with Gasteiger partial charge in [-0.2, -0.15) is 13.2 Å². The summed E-state index contributed by atoms with van der Waals surface area (Å²) in [5.74, 6) is 0.650. The summed E-state index contributed by atoms with van der Waals surface area (Å²) < 4.78 is 41.5. The number of nitrogens with one attached hydrogen (secondary N) is 2. The minimum absolute atomic E-state index is 0. The molecule has 0 aromatic heterocycles. The van der Waals surface area contributed by atoms with Crippen molar-refractivity contribution in [2.75, 3.05) is 33.4 Å². The molecule has 0 aliphatic heterocycles. The van der Waals surface area contributed by atoms with Crippen molar-refractivity contribution >= 4 is 45.9 Å². The van der Waals surface area contributed by atoms with Gasteiger partial charge >= 0.3 is 6.18 Å². The Labute approximate surface area is 177 Å². The Bertz CT molecular complexity index is 595. The predicted octanol–water partition coefficient (Wildman–Crippen LogP) is 4.23. The predicted molar refractivity (Wildman–Crippen MR) is 111 cm³/mol. The summed E-state index contributed by atoms with van der Waals surface area (Å²) in [5.41, 5.74) is 1.43. The van der Waals surface area contributed by atoms with Crippen molar-refractivity contribution in [3.05, 3.63) is 34.3 Å².